The monoisotopic (exact) mass is 915 g/mol. The Hall–Kier alpha value is -7.09. The van der Waals surface area contributed by atoms with Crippen molar-refractivity contribution in [3.63, 3.8) is 0 Å². The molecule has 2 aliphatic rings. The van der Waals surface area contributed by atoms with Gasteiger partial charge in [-0.3, -0.25) is 9.30 Å². The first kappa shape index (κ1) is 44.4. The first-order chi connectivity index (χ1) is 33.0. The van der Waals surface area contributed by atoms with Crippen LogP contribution < -0.4 is 36.4 Å². The summed E-state index contributed by atoms with van der Waals surface area (Å²) < 4.78 is 2.35. The van der Waals surface area contributed by atoms with E-state index in [4.69, 9.17) is 4.98 Å². The number of pyridine rings is 1. The van der Waals surface area contributed by atoms with Crippen LogP contribution in [0.1, 0.15) is 63.8 Å². The quantitative estimate of drug-likeness (QED) is 0.149. The Bertz CT molecular complexity index is 3370. The number of rotatable bonds is 7. The number of anilines is 9. The van der Waals surface area contributed by atoms with E-state index in [1.165, 1.54) is 61.1 Å². The van der Waals surface area contributed by atoms with Crippen molar-refractivity contribution in [2.45, 2.75) is 85.9 Å². The third-order valence-corrected chi connectivity index (χ3v) is 16.5. The van der Waals surface area contributed by atoms with E-state index in [1.54, 1.807) is 0 Å². The summed E-state index contributed by atoms with van der Waals surface area (Å²) in [7, 11) is -1.92. The fourth-order valence-corrected chi connectivity index (χ4v) is 11.8. The van der Waals surface area contributed by atoms with Crippen molar-refractivity contribution < 1.29 is 0 Å². The highest BCUT2D eigenvalue weighted by molar-refractivity contribution is 7.00. The zero-order chi connectivity index (χ0) is 48.1. The summed E-state index contributed by atoms with van der Waals surface area (Å²) in [6, 6.07) is 63.5. The molecular weight excluding hydrogens is 854 g/mol. The molecule has 0 spiro atoms. The SMILES string of the molecule is Cc1cc(C(C)(C)C)ccc1N(c1ccc2c(c1)N(c1ccccc1)c1cc([Si](C)(C)C)cc3c1B2c1nc2c(-c4ccccc4)cccn2c1N3c1ccccc1)c1ccc(C(C)(C)C)cc1C. The highest BCUT2D eigenvalue weighted by Crippen LogP contribution is 2.47. The standard InChI is InChI=1S/C62H62BN5Si/c1-41-36-44(61(3,4)5)29-33-52(41)67(53-34-30-45(37-42(53)2)62(6,7)8)48-31-32-51-54(38-48)66(46-24-17-13-18-25-46)55-39-49(69(9,10)11)40-56-57(55)63(51)58-60(68(56)47-26-19-14-20-27-47)65-35-21-28-50(59(65)64-58)43-22-15-12-16-23-43/h12-40H,1-11H3. The molecule has 0 bridgehead atoms. The summed E-state index contributed by atoms with van der Waals surface area (Å²) in [6.07, 6.45) is 2.21. The Labute approximate surface area is 410 Å². The zero-order valence-corrected chi connectivity index (χ0v) is 43.1. The number of fused-ring (bicyclic) bond motifs is 6. The van der Waals surface area contributed by atoms with Crippen molar-refractivity contribution in [1.82, 2.24) is 9.38 Å². The number of hydrogen-bond acceptors (Lipinski definition) is 4. The van der Waals surface area contributed by atoms with Crippen LogP contribution >= 0.6 is 0 Å². The Morgan fingerprint density at radius 3 is 1.61 bits per heavy atom. The molecule has 0 saturated carbocycles. The van der Waals surface area contributed by atoms with Crippen molar-refractivity contribution in [2.24, 2.45) is 0 Å². The molecule has 2 aliphatic heterocycles. The minimum absolute atomic E-state index is 0.0239. The molecule has 0 fully saturated rings. The van der Waals surface area contributed by atoms with Crippen LogP contribution in [0.25, 0.3) is 16.8 Å². The molecule has 0 N–H and O–H groups in total. The van der Waals surface area contributed by atoms with Crippen LogP contribution in [0.4, 0.5) is 51.3 Å². The van der Waals surface area contributed by atoms with E-state index >= 15 is 0 Å². The van der Waals surface area contributed by atoms with Gasteiger partial charge in [0, 0.05) is 57.3 Å². The van der Waals surface area contributed by atoms with E-state index in [-0.39, 0.29) is 17.5 Å². The molecule has 0 aliphatic carbocycles. The van der Waals surface area contributed by atoms with Gasteiger partial charge in [-0.25, -0.2) is 4.98 Å². The van der Waals surface area contributed by atoms with Crippen LogP contribution in [-0.4, -0.2) is 24.2 Å². The van der Waals surface area contributed by atoms with Gasteiger partial charge in [-0.15, -0.1) is 0 Å². The Morgan fingerprint density at radius 2 is 1.07 bits per heavy atom. The van der Waals surface area contributed by atoms with Gasteiger partial charge in [-0.2, -0.15) is 0 Å². The van der Waals surface area contributed by atoms with Crippen LogP contribution in [0, 0.1) is 13.8 Å². The van der Waals surface area contributed by atoms with E-state index in [2.05, 4.69) is 270 Å². The first-order valence-corrected chi connectivity index (χ1v) is 28.1. The fourth-order valence-electron chi connectivity index (χ4n) is 10.7. The van der Waals surface area contributed by atoms with Crippen LogP contribution in [-0.2, 0) is 10.8 Å². The molecule has 0 atom stereocenters. The van der Waals surface area contributed by atoms with Crippen molar-refractivity contribution in [1.29, 1.82) is 0 Å². The molecule has 0 radical (unpaired) electrons. The molecule has 0 amide bonds. The molecule has 342 valence electrons. The molecule has 2 aromatic heterocycles. The summed E-state index contributed by atoms with van der Waals surface area (Å²) in [6.45, 7) is 25.6. The molecule has 0 unspecified atom stereocenters. The van der Waals surface area contributed by atoms with E-state index in [0.29, 0.717) is 0 Å². The van der Waals surface area contributed by atoms with E-state index in [9.17, 15) is 0 Å². The largest absolute Gasteiger partial charge is 0.311 e. The molecule has 7 aromatic carbocycles. The van der Waals surface area contributed by atoms with Gasteiger partial charge in [-0.1, -0.05) is 163 Å². The molecule has 0 saturated heterocycles. The maximum atomic E-state index is 5.83. The lowest BCUT2D eigenvalue weighted by Crippen LogP contribution is -2.62. The fraction of sp³-hybridized carbons (Fsp3) is 0.210. The minimum atomic E-state index is -1.92. The number of imidazole rings is 1. The van der Waals surface area contributed by atoms with Gasteiger partial charge in [0.15, 0.2) is 0 Å². The minimum Gasteiger partial charge on any atom is -0.311 e. The Kier molecular flexibility index (Phi) is 10.5. The van der Waals surface area contributed by atoms with Crippen LogP contribution in [0.3, 0.4) is 0 Å². The molecule has 9 aromatic rings. The third kappa shape index (κ3) is 7.50. The van der Waals surface area contributed by atoms with Crippen LogP contribution in [0.5, 0.6) is 0 Å². The van der Waals surface area contributed by atoms with Crippen molar-refractivity contribution in [3.05, 3.63) is 198 Å². The van der Waals surface area contributed by atoms with Gasteiger partial charge in [0.05, 0.1) is 13.7 Å². The highest BCUT2D eigenvalue weighted by atomic mass is 28.3. The second-order valence-electron chi connectivity index (χ2n) is 22.3. The normalized spacial score (nSPS) is 13.3. The van der Waals surface area contributed by atoms with Gasteiger partial charge in [0.1, 0.15) is 11.5 Å². The molecule has 11 rings (SSSR count). The van der Waals surface area contributed by atoms with E-state index in [0.717, 1.165) is 50.9 Å². The lowest BCUT2D eigenvalue weighted by atomic mass is 9.35. The van der Waals surface area contributed by atoms with Gasteiger partial charge in [0.2, 0.25) is 0 Å². The second-order valence-corrected chi connectivity index (χ2v) is 27.4. The van der Waals surface area contributed by atoms with E-state index < -0.39 is 8.07 Å². The van der Waals surface area contributed by atoms with Crippen molar-refractivity contribution in [2.75, 3.05) is 14.7 Å². The van der Waals surface area contributed by atoms with Crippen molar-refractivity contribution >= 4 is 93.5 Å². The summed E-state index contributed by atoms with van der Waals surface area (Å²) in [5.41, 5.74) is 21.2. The molecule has 4 heterocycles. The maximum Gasteiger partial charge on any atom is 0.277 e. The molecular formula is C62H62BN5Si. The number of nitrogens with zero attached hydrogens (tertiary/aromatic N) is 5. The molecule has 69 heavy (non-hydrogen) atoms. The predicted octanol–water partition coefficient (Wildman–Crippen LogP) is 14.3. The van der Waals surface area contributed by atoms with Crippen LogP contribution in [0.15, 0.2) is 176 Å². The topological polar surface area (TPSA) is 27.0 Å². The summed E-state index contributed by atoms with van der Waals surface area (Å²) >= 11 is 0. The van der Waals surface area contributed by atoms with Crippen LogP contribution in [0.2, 0.25) is 19.6 Å². The van der Waals surface area contributed by atoms with Gasteiger partial charge in [-0.05, 0) is 136 Å². The van der Waals surface area contributed by atoms with Gasteiger partial charge in [0.25, 0.3) is 6.71 Å². The highest BCUT2D eigenvalue weighted by Gasteiger charge is 2.47. The second kappa shape index (κ2) is 16.3. The average Bonchev–Trinajstić information content (AvgIpc) is 3.71. The molecule has 7 heteroatoms. The number of para-hydroxylation sites is 2. The average molecular weight is 916 g/mol. The summed E-state index contributed by atoms with van der Waals surface area (Å²) in [5.74, 6) is 1.08. The Morgan fingerprint density at radius 1 is 0.536 bits per heavy atom. The maximum absolute atomic E-state index is 5.83. The number of aromatic nitrogens is 2. The van der Waals surface area contributed by atoms with E-state index in [1.807, 2.05) is 0 Å². The lowest BCUT2D eigenvalue weighted by Gasteiger charge is -2.44. The summed E-state index contributed by atoms with van der Waals surface area (Å²) in [5, 5.41) is 1.41. The predicted molar refractivity (Wildman–Crippen MR) is 299 cm³/mol. The number of hydrogen-bond donors (Lipinski definition) is 0. The molecule has 5 nitrogen and oxygen atoms in total. The number of aryl methyl sites for hydroxylation is 2. The first-order valence-electron chi connectivity index (χ1n) is 24.6. The number of benzene rings is 7. The van der Waals surface area contributed by atoms with Gasteiger partial charge >= 0.3 is 0 Å². The van der Waals surface area contributed by atoms with Crippen molar-refractivity contribution in [3.8, 4) is 11.1 Å². The lowest BCUT2D eigenvalue weighted by molar-refractivity contribution is 0.590. The Balaban J connectivity index is 1.23. The zero-order valence-electron chi connectivity index (χ0n) is 42.1. The third-order valence-electron chi connectivity index (χ3n) is 14.5. The van der Waals surface area contributed by atoms with Gasteiger partial charge < -0.3 is 9.80 Å². The summed E-state index contributed by atoms with van der Waals surface area (Å²) in [4.78, 5) is 13.4. The smallest absolute Gasteiger partial charge is 0.277 e.